The molecule has 1 amide bonds. The maximum Gasteiger partial charge on any atom is 0.207 e. The van der Waals surface area contributed by atoms with E-state index in [1.165, 1.54) is 0 Å². The average Bonchev–Trinajstić information content (AvgIpc) is 2.96. The van der Waals surface area contributed by atoms with Crippen LogP contribution in [0.2, 0.25) is 0 Å². The highest BCUT2D eigenvalue weighted by Crippen LogP contribution is 2.23. The third-order valence-electron chi connectivity index (χ3n) is 3.87. The van der Waals surface area contributed by atoms with Crippen LogP contribution in [-0.4, -0.2) is 16.4 Å². The Morgan fingerprint density at radius 3 is 2.61 bits per heavy atom. The Bertz CT molecular complexity index is 847. The molecular formula is C19H19N3O. The molecule has 0 aliphatic heterocycles. The van der Waals surface area contributed by atoms with Crippen LogP contribution in [0.5, 0.6) is 0 Å². The first-order chi connectivity index (χ1) is 11.1. The summed E-state index contributed by atoms with van der Waals surface area (Å²) in [6.45, 7) is 3.93. The molecule has 0 aliphatic rings. The largest absolute Gasteiger partial charge is 0.350 e. The maximum atomic E-state index is 10.7. The molecule has 2 aromatic carbocycles. The molecule has 0 saturated heterocycles. The van der Waals surface area contributed by atoms with Gasteiger partial charge in [0.25, 0.3) is 0 Å². The van der Waals surface area contributed by atoms with Gasteiger partial charge < -0.3 is 10.3 Å². The minimum Gasteiger partial charge on any atom is -0.350 e. The Hall–Kier alpha value is -2.88. The fraction of sp³-hybridized carbons (Fsp3) is 0.158. The van der Waals surface area contributed by atoms with Crippen LogP contribution in [-0.2, 0) is 10.3 Å². The molecule has 0 spiro atoms. The molecular weight excluding hydrogens is 286 g/mol. The van der Waals surface area contributed by atoms with Crippen molar-refractivity contribution in [2.24, 2.45) is 0 Å². The number of fused-ring (bicyclic) bond motifs is 1. The zero-order chi connectivity index (χ0) is 16.3. The lowest BCUT2D eigenvalue weighted by Gasteiger charge is -2.24. The summed E-state index contributed by atoms with van der Waals surface area (Å²) in [7, 11) is 0. The van der Waals surface area contributed by atoms with E-state index < -0.39 is 5.54 Å². The lowest BCUT2D eigenvalue weighted by atomic mass is 9.94. The topological polar surface area (TPSA) is 57.8 Å². The molecule has 0 radical (unpaired) electrons. The monoisotopic (exact) mass is 305 g/mol. The van der Waals surface area contributed by atoms with Crippen molar-refractivity contribution < 1.29 is 4.79 Å². The second kappa shape index (κ2) is 6.08. The number of aromatic nitrogens is 2. The molecule has 4 nitrogen and oxygen atoms in total. The zero-order valence-corrected chi connectivity index (χ0v) is 13.2. The Morgan fingerprint density at radius 1 is 1.09 bits per heavy atom. The Labute approximate surface area is 135 Å². The molecule has 0 saturated carbocycles. The number of aromatic amines is 1. The van der Waals surface area contributed by atoms with Crippen LogP contribution >= 0.6 is 0 Å². The average molecular weight is 305 g/mol. The van der Waals surface area contributed by atoms with E-state index in [9.17, 15) is 4.79 Å². The third kappa shape index (κ3) is 3.31. The number of hydrogen-bond acceptors (Lipinski definition) is 2. The fourth-order valence-corrected chi connectivity index (χ4v) is 2.47. The molecule has 0 fully saturated rings. The van der Waals surface area contributed by atoms with Gasteiger partial charge >= 0.3 is 0 Å². The number of amides is 1. The third-order valence-corrected chi connectivity index (χ3v) is 3.87. The van der Waals surface area contributed by atoms with Crippen LogP contribution in [0.15, 0.2) is 48.5 Å². The van der Waals surface area contributed by atoms with Crippen LogP contribution in [0.3, 0.4) is 0 Å². The number of benzene rings is 2. The van der Waals surface area contributed by atoms with Crippen LogP contribution in [0.25, 0.3) is 23.2 Å². The fourth-order valence-electron chi connectivity index (χ4n) is 2.47. The van der Waals surface area contributed by atoms with E-state index in [0.717, 1.165) is 34.4 Å². The van der Waals surface area contributed by atoms with Crippen molar-refractivity contribution in [3.63, 3.8) is 0 Å². The zero-order valence-electron chi connectivity index (χ0n) is 13.2. The highest BCUT2D eigenvalue weighted by Gasteiger charge is 2.19. The van der Waals surface area contributed by atoms with Crippen molar-refractivity contribution in [2.45, 2.75) is 19.4 Å². The van der Waals surface area contributed by atoms with Crippen molar-refractivity contribution in [1.29, 1.82) is 0 Å². The van der Waals surface area contributed by atoms with Crippen molar-refractivity contribution in [1.82, 2.24) is 15.3 Å². The molecule has 1 heterocycles. The number of nitrogens with one attached hydrogen (secondary N) is 2. The van der Waals surface area contributed by atoms with Gasteiger partial charge in [0.15, 0.2) is 0 Å². The second-order valence-electron chi connectivity index (χ2n) is 5.99. The highest BCUT2D eigenvalue weighted by molar-refractivity contribution is 5.79. The van der Waals surface area contributed by atoms with E-state index in [0.29, 0.717) is 0 Å². The standard InChI is InChI=1S/C19H19N3O/c1-19(2,20-13-23)15-9-10-16-17(12-15)22-18(21-16)11-8-14-6-4-3-5-7-14/h3-13H,1-2H3,(H,20,23)(H,21,22)/b11-8+. The quantitative estimate of drug-likeness (QED) is 0.706. The first kappa shape index (κ1) is 15.0. The maximum absolute atomic E-state index is 10.7. The first-order valence-electron chi connectivity index (χ1n) is 7.53. The summed E-state index contributed by atoms with van der Waals surface area (Å²) in [4.78, 5) is 18.6. The number of carbonyl (C=O) groups excluding carboxylic acids is 1. The molecule has 116 valence electrons. The molecule has 3 rings (SSSR count). The predicted molar refractivity (Wildman–Crippen MR) is 93.7 cm³/mol. The van der Waals surface area contributed by atoms with Crippen molar-refractivity contribution in [2.75, 3.05) is 0 Å². The summed E-state index contributed by atoms with van der Waals surface area (Å²) in [5.74, 6) is 0.808. The van der Waals surface area contributed by atoms with Crippen molar-refractivity contribution in [3.05, 3.63) is 65.5 Å². The molecule has 1 aromatic heterocycles. The van der Waals surface area contributed by atoms with Crippen LogP contribution in [0.4, 0.5) is 0 Å². The number of nitrogens with zero attached hydrogens (tertiary/aromatic N) is 1. The highest BCUT2D eigenvalue weighted by atomic mass is 16.1. The lowest BCUT2D eigenvalue weighted by molar-refractivity contribution is -0.111. The molecule has 3 aromatic rings. The predicted octanol–water partition coefficient (Wildman–Crippen LogP) is 3.71. The Kier molecular flexibility index (Phi) is 3.98. The van der Waals surface area contributed by atoms with Gasteiger partial charge in [-0.05, 0) is 43.2 Å². The molecule has 0 atom stereocenters. The van der Waals surface area contributed by atoms with Gasteiger partial charge in [0.05, 0.1) is 16.6 Å². The Morgan fingerprint density at radius 2 is 1.87 bits per heavy atom. The molecule has 23 heavy (non-hydrogen) atoms. The molecule has 4 heteroatoms. The van der Waals surface area contributed by atoms with E-state index in [1.807, 2.05) is 74.5 Å². The van der Waals surface area contributed by atoms with E-state index in [-0.39, 0.29) is 0 Å². The minimum absolute atomic E-state index is 0.416. The second-order valence-corrected chi connectivity index (χ2v) is 5.99. The van der Waals surface area contributed by atoms with Crippen LogP contribution < -0.4 is 5.32 Å². The van der Waals surface area contributed by atoms with E-state index >= 15 is 0 Å². The van der Waals surface area contributed by atoms with Gasteiger partial charge in [-0.1, -0.05) is 42.5 Å². The number of hydrogen-bond donors (Lipinski definition) is 2. The number of carbonyl (C=O) groups is 1. The molecule has 0 aliphatic carbocycles. The SMILES string of the molecule is CC(C)(NC=O)c1ccc2nc(/C=C/c3ccccc3)[nH]c2c1. The lowest BCUT2D eigenvalue weighted by Crippen LogP contribution is -2.35. The van der Waals surface area contributed by atoms with Gasteiger partial charge in [0.2, 0.25) is 6.41 Å². The van der Waals surface area contributed by atoms with Gasteiger partial charge in [-0.2, -0.15) is 0 Å². The number of H-pyrrole nitrogens is 1. The smallest absolute Gasteiger partial charge is 0.207 e. The van der Waals surface area contributed by atoms with Gasteiger partial charge in [-0.15, -0.1) is 0 Å². The van der Waals surface area contributed by atoms with Gasteiger partial charge in [0.1, 0.15) is 5.82 Å². The summed E-state index contributed by atoms with van der Waals surface area (Å²) in [6, 6.07) is 16.1. The van der Waals surface area contributed by atoms with E-state index in [4.69, 9.17) is 0 Å². The van der Waals surface area contributed by atoms with E-state index in [2.05, 4.69) is 15.3 Å². The number of imidazole rings is 1. The van der Waals surface area contributed by atoms with E-state index in [1.54, 1.807) is 0 Å². The van der Waals surface area contributed by atoms with Gasteiger partial charge in [-0.3, -0.25) is 4.79 Å². The van der Waals surface area contributed by atoms with Gasteiger partial charge in [0, 0.05) is 0 Å². The van der Waals surface area contributed by atoms with Crippen molar-refractivity contribution >= 4 is 29.6 Å². The summed E-state index contributed by atoms with van der Waals surface area (Å²) < 4.78 is 0. The first-order valence-corrected chi connectivity index (χ1v) is 7.53. The van der Waals surface area contributed by atoms with Crippen LogP contribution in [0, 0.1) is 0 Å². The van der Waals surface area contributed by atoms with Gasteiger partial charge in [-0.25, -0.2) is 4.98 Å². The summed E-state index contributed by atoms with van der Waals surface area (Å²) in [6.07, 6.45) is 4.71. The summed E-state index contributed by atoms with van der Waals surface area (Å²) >= 11 is 0. The molecule has 2 N–H and O–H groups in total. The summed E-state index contributed by atoms with van der Waals surface area (Å²) in [5.41, 5.74) is 3.60. The Balaban J connectivity index is 1.90. The van der Waals surface area contributed by atoms with Crippen LogP contribution in [0.1, 0.15) is 30.8 Å². The number of rotatable bonds is 5. The molecule has 0 bridgehead atoms. The normalized spacial score (nSPS) is 11.9. The summed E-state index contributed by atoms with van der Waals surface area (Å²) in [5, 5.41) is 2.83. The minimum atomic E-state index is -0.416. The molecule has 0 unspecified atom stereocenters. The van der Waals surface area contributed by atoms with Crippen molar-refractivity contribution in [3.8, 4) is 0 Å².